The van der Waals surface area contributed by atoms with Gasteiger partial charge in [0.1, 0.15) is 5.82 Å². The van der Waals surface area contributed by atoms with Crippen molar-refractivity contribution >= 4 is 17.4 Å². The average molecular weight is 229 g/mol. The maximum absolute atomic E-state index is 12.8. The zero-order chi connectivity index (χ0) is 10.9. The van der Waals surface area contributed by atoms with Gasteiger partial charge in [0.05, 0.1) is 6.61 Å². The number of hydrogen-bond acceptors (Lipinski definition) is 3. The summed E-state index contributed by atoms with van der Waals surface area (Å²) < 4.78 is 17.7. The van der Waals surface area contributed by atoms with E-state index in [9.17, 15) is 4.39 Å². The molecule has 0 aliphatic heterocycles. The zero-order valence-corrected chi connectivity index (χ0v) is 9.65. The van der Waals surface area contributed by atoms with Crippen LogP contribution in [0.15, 0.2) is 24.3 Å². The van der Waals surface area contributed by atoms with Crippen LogP contribution in [-0.4, -0.2) is 31.8 Å². The van der Waals surface area contributed by atoms with Crippen LogP contribution >= 0.6 is 11.8 Å². The van der Waals surface area contributed by atoms with Gasteiger partial charge in [-0.2, -0.15) is 11.8 Å². The van der Waals surface area contributed by atoms with Gasteiger partial charge in [-0.15, -0.1) is 0 Å². The van der Waals surface area contributed by atoms with Crippen molar-refractivity contribution in [1.29, 1.82) is 0 Å². The molecule has 1 rings (SSSR count). The van der Waals surface area contributed by atoms with Crippen LogP contribution in [0.3, 0.4) is 0 Å². The van der Waals surface area contributed by atoms with Gasteiger partial charge in [-0.3, -0.25) is 0 Å². The van der Waals surface area contributed by atoms with Crippen LogP contribution in [0.2, 0.25) is 0 Å². The van der Waals surface area contributed by atoms with Crippen molar-refractivity contribution < 1.29 is 9.13 Å². The zero-order valence-electron chi connectivity index (χ0n) is 8.83. The Hall–Kier alpha value is -0.740. The van der Waals surface area contributed by atoms with Crippen molar-refractivity contribution in [3.8, 4) is 0 Å². The molecule has 0 saturated carbocycles. The van der Waals surface area contributed by atoms with Gasteiger partial charge >= 0.3 is 0 Å². The molecule has 1 N–H and O–H groups in total. The van der Waals surface area contributed by atoms with E-state index in [0.29, 0.717) is 0 Å². The molecule has 0 bridgehead atoms. The molecular weight excluding hydrogens is 213 g/mol. The third-order valence-electron chi connectivity index (χ3n) is 1.83. The second-order valence-electron chi connectivity index (χ2n) is 3.04. The molecule has 0 aromatic heterocycles. The summed E-state index contributed by atoms with van der Waals surface area (Å²) in [7, 11) is 1.70. The Labute approximate surface area is 94.2 Å². The molecule has 84 valence electrons. The lowest BCUT2D eigenvalue weighted by molar-refractivity contribution is 0.218. The number of anilines is 1. The maximum Gasteiger partial charge on any atom is 0.125 e. The van der Waals surface area contributed by atoms with Gasteiger partial charge in [0.2, 0.25) is 0 Å². The highest BCUT2D eigenvalue weighted by molar-refractivity contribution is 7.99. The number of benzene rings is 1. The lowest BCUT2D eigenvalue weighted by atomic mass is 10.3. The lowest BCUT2D eigenvalue weighted by Gasteiger charge is -2.05. The first-order valence-electron chi connectivity index (χ1n) is 4.89. The standard InChI is InChI=1S/C11H16FNOS/c1-14-6-8-15-7-5-13-11-4-2-3-10(12)9-11/h2-4,9,13H,5-8H2,1H3. The van der Waals surface area contributed by atoms with Gasteiger partial charge in [0.25, 0.3) is 0 Å². The molecule has 0 fully saturated rings. The first kappa shape index (κ1) is 12.3. The predicted octanol–water partition coefficient (Wildman–Crippen LogP) is 2.62. The second-order valence-corrected chi connectivity index (χ2v) is 4.27. The largest absolute Gasteiger partial charge is 0.384 e. The van der Waals surface area contributed by atoms with Gasteiger partial charge < -0.3 is 10.1 Å². The van der Waals surface area contributed by atoms with Crippen molar-refractivity contribution in [3.05, 3.63) is 30.1 Å². The first-order chi connectivity index (χ1) is 7.33. The minimum absolute atomic E-state index is 0.202. The van der Waals surface area contributed by atoms with Gasteiger partial charge in [0, 0.05) is 30.8 Å². The third kappa shape index (κ3) is 5.64. The molecule has 0 unspecified atom stereocenters. The summed E-state index contributed by atoms with van der Waals surface area (Å²) in [6, 6.07) is 6.51. The van der Waals surface area contributed by atoms with Crippen LogP contribution in [-0.2, 0) is 4.74 Å². The Morgan fingerprint density at radius 3 is 3.00 bits per heavy atom. The molecule has 0 amide bonds. The van der Waals surface area contributed by atoms with Gasteiger partial charge in [-0.05, 0) is 18.2 Å². The third-order valence-corrected chi connectivity index (χ3v) is 2.78. The number of thioether (sulfide) groups is 1. The van der Waals surface area contributed by atoms with Gasteiger partial charge in [-0.25, -0.2) is 4.39 Å². The topological polar surface area (TPSA) is 21.3 Å². The summed E-state index contributed by atoms with van der Waals surface area (Å²) >= 11 is 1.82. The molecule has 0 spiro atoms. The fraction of sp³-hybridized carbons (Fsp3) is 0.455. The van der Waals surface area contributed by atoms with E-state index in [1.807, 2.05) is 17.8 Å². The van der Waals surface area contributed by atoms with Crippen LogP contribution in [0, 0.1) is 5.82 Å². The SMILES string of the molecule is COCCSCCNc1cccc(F)c1. The normalized spacial score (nSPS) is 10.3. The van der Waals surface area contributed by atoms with Crippen LogP contribution < -0.4 is 5.32 Å². The average Bonchev–Trinajstić information content (AvgIpc) is 2.23. The second kappa shape index (κ2) is 7.54. The van der Waals surface area contributed by atoms with Gasteiger partial charge in [-0.1, -0.05) is 6.07 Å². The number of ether oxygens (including phenoxy) is 1. The van der Waals surface area contributed by atoms with E-state index in [1.54, 1.807) is 13.2 Å². The number of halogens is 1. The van der Waals surface area contributed by atoms with Crippen LogP contribution in [0.4, 0.5) is 10.1 Å². The van der Waals surface area contributed by atoms with Crippen molar-refractivity contribution in [2.75, 3.05) is 37.1 Å². The van der Waals surface area contributed by atoms with Crippen LogP contribution in [0.25, 0.3) is 0 Å². The van der Waals surface area contributed by atoms with E-state index in [-0.39, 0.29) is 5.82 Å². The summed E-state index contributed by atoms with van der Waals surface area (Å²) in [6.07, 6.45) is 0. The molecule has 0 radical (unpaired) electrons. The molecule has 1 aromatic rings. The summed E-state index contributed by atoms with van der Waals surface area (Å²) in [6.45, 7) is 1.63. The van der Waals surface area contributed by atoms with Crippen molar-refractivity contribution in [2.24, 2.45) is 0 Å². The van der Waals surface area contributed by atoms with E-state index in [0.717, 1.165) is 30.3 Å². The van der Waals surface area contributed by atoms with Crippen LogP contribution in [0.5, 0.6) is 0 Å². The molecule has 0 atom stereocenters. The highest BCUT2D eigenvalue weighted by atomic mass is 32.2. The molecule has 0 aliphatic carbocycles. The van der Waals surface area contributed by atoms with Crippen molar-refractivity contribution in [1.82, 2.24) is 0 Å². The Balaban J connectivity index is 2.10. The fourth-order valence-corrected chi connectivity index (χ4v) is 1.85. The molecule has 15 heavy (non-hydrogen) atoms. The minimum atomic E-state index is -0.202. The van der Waals surface area contributed by atoms with E-state index in [1.165, 1.54) is 12.1 Å². The Morgan fingerprint density at radius 1 is 1.40 bits per heavy atom. The molecule has 0 heterocycles. The fourth-order valence-electron chi connectivity index (χ4n) is 1.11. The summed E-state index contributed by atoms with van der Waals surface area (Å²) in [5.74, 6) is 1.80. The number of methoxy groups -OCH3 is 1. The number of hydrogen-bond donors (Lipinski definition) is 1. The van der Waals surface area contributed by atoms with Crippen LogP contribution in [0.1, 0.15) is 0 Å². The summed E-state index contributed by atoms with van der Waals surface area (Å²) in [4.78, 5) is 0. The molecule has 4 heteroatoms. The molecular formula is C11H16FNOS. The Bertz CT molecular complexity index is 283. The predicted molar refractivity (Wildman–Crippen MR) is 64.1 cm³/mol. The molecule has 0 saturated heterocycles. The quantitative estimate of drug-likeness (QED) is 0.726. The monoisotopic (exact) mass is 229 g/mol. The maximum atomic E-state index is 12.8. The van der Waals surface area contributed by atoms with E-state index < -0.39 is 0 Å². The van der Waals surface area contributed by atoms with E-state index in [4.69, 9.17) is 4.74 Å². The molecule has 2 nitrogen and oxygen atoms in total. The lowest BCUT2D eigenvalue weighted by Crippen LogP contribution is -2.05. The number of rotatable bonds is 7. The summed E-state index contributed by atoms with van der Waals surface area (Å²) in [5.41, 5.74) is 0.836. The van der Waals surface area contributed by atoms with Gasteiger partial charge in [0.15, 0.2) is 0 Å². The molecule has 0 aliphatic rings. The van der Waals surface area contributed by atoms with Crippen molar-refractivity contribution in [3.63, 3.8) is 0 Å². The van der Waals surface area contributed by atoms with E-state index in [2.05, 4.69) is 5.32 Å². The molecule has 1 aromatic carbocycles. The highest BCUT2D eigenvalue weighted by Gasteiger charge is 1.94. The smallest absolute Gasteiger partial charge is 0.125 e. The Kier molecular flexibility index (Phi) is 6.20. The highest BCUT2D eigenvalue weighted by Crippen LogP contribution is 2.09. The van der Waals surface area contributed by atoms with E-state index >= 15 is 0 Å². The first-order valence-corrected chi connectivity index (χ1v) is 6.04. The minimum Gasteiger partial charge on any atom is -0.384 e. The summed E-state index contributed by atoms with van der Waals surface area (Å²) in [5, 5.41) is 3.16. The Morgan fingerprint density at radius 2 is 2.27 bits per heavy atom. The van der Waals surface area contributed by atoms with Crippen molar-refractivity contribution in [2.45, 2.75) is 0 Å². The number of nitrogens with one attached hydrogen (secondary N) is 1.